The third kappa shape index (κ3) is 7.19. The van der Waals surface area contributed by atoms with Gasteiger partial charge in [0.2, 0.25) is 0 Å². The Balaban J connectivity index is 1.55. The zero-order valence-corrected chi connectivity index (χ0v) is 19.3. The number of hydrogen-bond donors (Lipinski definition) is 3. The molecule has 1 aliphatic rings. The van der Waals surface area contributed by atoms with Gasteiger partial charge in [-0.25, -0.2) is 9.59 Å². The van der Waals surface area contributed by atoms with Crippen LogP contribution in [0.15, 0.2) is 48.5 Å². The summed E-state index contributed by atoms with van der Waals surface area (Å²) in [5.41, 5.74) is 1.92. The number of benzene rings is 2. The molecule has 2 aromatic carbocycles. The maximum absolute atomic E-state index is 11.8. The number of rotatable bonds is 10. The highest BCUT2D eigenvalue weighted by Gasteiger charge is 2.30. The molecule has 0 aliphatic heterocycles. The summed E-state index contributed by atoms with van der Waals surface area (Å²) in [5, 5.41) is 23.8. The van der Waals surface area contributed by atoms with E-state index in [0.29, 0.717) is 23.2 Å². The molecule has 7 nitrogen and oxygen atoms in total. The summed E-state index contributed by atoms with van der Waals surface area (Å²) in [6.45, 7) is 2.14. The largest absolute Gasteiger partial charge is 0.478 e. The first kappa shape index (κ1) is 25.0. The lowest BCUT2D eigenvalue weighted by atomic mass is 9.81. The number of esters is 1. The lowest BCUT2D eigenvalue weighted by Crippen LogP contribution is -2.37. The van der Waals surface area contributed by atoms with E-state index in [4.69, 9.17) is 21.1 Å². The highest BCUT2D eigenvalue weighted by molar-refractivity contribution is 6.30. The monoisotopic (exact) mass is 475 g/mol. The lowest BCUT2D eigenvalue weighted by Gasteiger charge is -2.31. The quantitative estimate of drug-likeness (QED) is 0.351. The Morgan fingerprint density at radius 1 is 1.18 bits per heavy atom. The molecule has 0 bridgehead atoms. The molecule has 0 heterocycles. The number of halogens is 1. The second kappa shape index (κ2) is 12.0. The van der Waals surface area contributed by atoms with Crippen molar-refractivity contribution in [1.29, 1.82) is 0 Å². The van der Waals surface area contributed by atoms with Gasteiger partial charge in [0.15, 0.2) is 0 Å². The number of carbonyl (C=O) groups is 2. The van der Waals surface area contributed by atoms with Crippen molar-refractivity contribution in [2.75, 3.05) is 13.2 Å². The van der Waals surface area contributed by atoms with E-state index >= 15 is 0 Å². The fourth-order valence-electron chi connectivity index (χ4n) is 4.16. The van der Waals surface area contributed by atoms with Gasteiger partial charge in [-0.05, 0) is 67.5 Å². The van der Waals surface area contributed by atoms with Gasteiger partial charge in [0.1, 0.15) is 5.75 Å². The van der Waals surface area contributed by atoms with Crippen LogP contribution >= 0.6 is 11.6 Å². The van der Waals surface area contributed by atoms with Crippen molar-refractivity contribution in [3.63, 3.8) is 0 Å². The topological polar surface area (TPSA) is 105 Å². The van der Waals surface area contributed by atoms with Crippen molar-refractivity contribution in [1.82, 2.24) is 5.32 Å². The third-order valence-corrected chi connectivity index (χ3v) is 6.07. The van der Waals surface area contributed by atoms with E-state index in [9.17, 15) is 19.8 Å². The Kier molecular flexibility index (Phi) is 9.11. The van der Waals surface area contributed by atoms with Crippen molar-refractivity contribution in [2.45, 2.75) is 56.8 Å². The van der Waals surface area contributed by atoms with Crippen LogP contribution < -0.4 is 10.1 Å². The summed E-state index contributed by atoms with van der Waals surface area (Å²) >= 11 is 6.02. The molecule has 0 amide bonds. The van der Waals surface area contributed by atoms with Crippen LogP contribution in [0.5, 0.6) is 5.75 Å². The molecular weight excluding hydrogens is 446 g/mol. The second-order valence-corrected chi connectivity index (χ2v) is 8.63. The van der Waals surface area contributed by atoms with Crippen molar-refractivity contribution in [3.8, 4) is 5.75 Å². The minimum Gasteiger partial charge on any atom is -0.478 e. The van der Waals surface area contributed by atoms with E-state index in [1.807, 2.05) is 24.3 Å². The molecule has 2 aromatic rings. The van der Waals surface area contributed by atoms with Gasteiger partial charge in [-0.15, -0.1) is 0 Å². The molecule has 0 spiro atoms. The summed E-state index contributed by atoms with van der Waals surface area (Å²) in [4.78, 5) is 23.1. The Hall–Kier alpha value is -2.61. The molecule has 1 fully saturated rings. The molecule has 4 atom stereocenters. The predicted molar refractivity (Wildman–Crippen MR) is 125 cm³/mol. The van der Waals surface area contributed by atoms with Crippen LogP contribution in [0.2, 0.25) is 5.02 Å². The number of carboxylic acid groups (broad SMARTS) is 1. The summed E-state index contributed by atoms with van der Waals surface area (Å²) in [6, 6.07) is 14.7. The van der Waals surface area contributed by atoms with Gasteiger partial charge in [-0.2, -0.15) is 0 Å². The Labute approximate surface area is 198 Å². The van der Waals surface area contributed by atoms with Crippen molar-refractivity contribution in [2.24, 2.45) is 0 Å². The predicted octanol–water partition coefficient (Wildman–Crippen LogP) is 4.08. The first-order chi connectivity index (χ1) is 15.9. The van der Waals surface area contributed by atoms with Crippen LogP contribution in [0.3, 0.4) is 0 Å². The maximum Gasteiger partial charge on any atom is 0.359 e. The zero-order chi connectivity index (χ0) is 23.8. The molecule has 178 valence electrons. The van der Waals surface area contributed by atoms with E-state index in [0.717, 1.165) is 36.8 Å². The number of nitrogens with one attached hydrogen (secondary N) is 1. The minimum atomic E-state index is -1.69. The zero-order valence-electron chi connectivity index (χ0n) is 18.6. The Morgan fingerprint density at radius 3 is 2.61 bits per heavy atom. The number of hydrogen-bond acceptors (Lipinski definition) is 6. The molecule has 8 heteroatoms. The van der Waals surface area contributed by atoms with E-state index in [1.54, 1.807) is 31.2 Å². The standard InChI is InChI=1S/C25H30ClNO6/c1-2-32-25(31)23(24(29)30)33-21-11-9-16(10-12-21)17-5-4-8-20(14-17)27-15-22(28)18-6-3-7-19(26)13-18/h3,6-7,9-13,17,20,22-23,27-28H,2,4-5,8,14-15H2,1H3,(H,29,30)/t17?,20?,22-,23?/m0/s1. The van der Waals surface area contributed by atoms with Gasteiger partial charge in [0, 0.05) is 17.6 Å². The average molecular weight is 476 g/mol. The van der Waals surface area contributed by atoms with Gasteiger partial charge in [-0.3, -0.25) is 0 Å². The van der Waals surface area contributed by atoms with E-state index in [-0.39, 0.29) is 12.6 Å². The summed E-state index contributed by atoms with van der Waals surface area (Å²) in [5.74, 6) is -1.67. The normalized spacial score (nSPS) is 20.0. The summed E-state index contributed by atoms with van der Waals surface area (Å²) in [6.07, 6.45) is 1.78. The van der Waals surface area contributed by atoms with Crippen LogP contribution in [0, 0.1) is 0 Å². The number of carboxylic acids is 1. The van der Waals surface area contributed by atoms with E-state index in [1.165, 1.54) is 0 Å². The second-order valence-electron chi connectivity index (χ2n) is 8.20. The van der Waals surface area contributed by atoms with Gasteiger partial charge in [0.25, 0.3) is 6.10 Å². The van der Waals surface area contributed by atoms with Crippen LogP contribution in [-0.4, -0.2) is 47.4 Å². The van der Waals surface area contributed by atoms with Crippen LogP contribution in [-0.2, 0) is 14.3 Å². The molecule has 0 radical (unpaired) electrons. The van der Waals surface area contributed by atoms with Crippen molar-refractivity contribution >= 4 is 23.5 Å². The Morgan fingerprint density at radius 2 is 1.94 bits per heavy atom. The fraction of sp³-hybridized carbons (Fsp3) is 0.440. The van der Waals surface area contributed by atoms with Gasteiger partial charge >= 0.3 is 11.9 Å². The highest BCUT2D eigenvalue weighted by atomic mass is 35.5. The highest BCUT2D eigenvalue weighted by Crippen LogP contribution is 2.34. The van der Waals surface area contributed by atoms with Gasteiger partial charge in [-0.1, -0.05) is 42.3 Å². The maximum atomic E-state index is 11.8. The molecule has 33 heavy (non-hydrogen) atoms. The number of aliphatic carboxylic acids is 1. The smallest absolute Gasteiger partial charge is 0.359 e. The SMILES string of the molecule is CCOC(=O)C(Oc1ccc(C2CCCC(NC[C@H](O)c3cccc(Cl)c3)C2)cc1)C(=O)O. The molecule has 0 saturated heterocycles. The molecule has 1 saturated carbocycles. The lowest BCUT2D eigenvalue weighted by molar-refractivity contribution is -0.162. The average Bonchev–Trinajstić information content (AvgIpc) is 2.81. The van der Waals surface area contributed by atoms with Crippen LogP contribution in [0.1, 0.15) is 55.8 Å². The van der Waals surface area contributed by atoms with E-state index < -0.39 is 24.1 Å². The molecule has 3 N–H and O–H groups in total. The van der Waals surface area contributed by atoms with Gasteiger partial charge < -0.3 is 25.0 Å². The Bertz CT molecular complexity index is 935. The fourth-order valence-corrected chi connectivity index (χ4v) is 4.36. The number of ether oxygens (including phenoxy) is 2. The molecule has 1 aliphatic carbocycles. The molecule has 3 rings (SSSR count). The minimum absolute atomic E-state index is 0.0813. The third-order valence-electron chi connectivity index (χ3n) is 5.84. The number of aliphatic hydroxyl groups excluding tert-OH is 1. The number of aliphatic hydroxyl groups is 1. The summed E-state index contributed by atoms with van der Waals surface area (Å²) in [7, 11) is 0. The first-order valence-corrected chi connectivity index (χ1v) is 11.6. The van der Waals surface area contributed by atoms with Crippen LogP contribution in [0.4, 0.5) is 0 Å². The van der Waals surface area contributed by atoms with Crippen LogP contribution in [0.25, 0.3) is 0 Å². The molecule has 0 aromatic heterocycles. The molecule has 3 unspecified atom stereocenters. The number of carbonyl (C=O) groups excluding carboxylic acids is 1. The van der Waals surface area contributed by atoms with Crippen molar-refractivity contribution in [3.05, 3.63) is 64.7 Å². The van der Waals surface area contributed by atoms with E-state index in [2.05, 4.69) is 5.32 Å². The van der Waals surface area contributed by atoms with Gasteiger partial charge in [0.05, 0.1) is 12.7 Å². The first-order valence-electron chi connectivity index (χ1n) is 11.2. The van der Waals surface area contributed by atoms with Crippen molar-refractivity contribution < 1.29 is 29.3 Å². The molecular formula is C25H30ClNO6. The summed E-state index contributed by atoms with van der Waals surface area (Å²) < 4.78 is 10.1.